The van der Waals surface area contributed by atoms with Crippen LogP contribution in [0.25, 0.3) is 22.1 Å². The monoisotopic (exact) mass is 574 g/mol. The summed E-state index contributed by atoms with van der Waals surface area (Å²) in [6.45, 7) is 18.7. The zero-order valence-electron chi connectivity index (χ0n) is 24.7. The minimum absolute atomic E-state index is 0.247. The molecular formula is C34H38O8. The van der Waals surface area contributed by atoms with Crippen molar-refractivity contribution in [1.82, 2.24) is 0 Å². The van der Waals surface area contributed by atoms with Crippen LogP contribution in [0.2, 0.25) is 0 Å². The summed E-state index contributed by atoms with van der Waals surface area (Å²) in [5.41, 5.74) is 4.52. The normalized spacial score (nSPS) is 10.2. The number of fused-ring (bicyclic) bond motifs is 1. The van der Waals surface area contributed by atoms with Crippen LogP contribution >= 0.6 is 0 Å². The van der Waals surface area contributed by atoms with Crippen LogP contribution in [-0.2, 0) is 36.7 Å². The summed E-state index contributed by atoms with van der Waals surface area (Å²) in [7, 11) is 0. The van der Waals surface area contributed by atoms with Gasteiger partial charge in [-0.2, -0.15) is 0 Å². The number of carbonyl (C=O) groups is 3. The lowest BCUT2D eigenvalue weighted by Gasteiger charge is -2.11. The molecule has 0 spiro atoms. The van der Waals surface area contributed by atoms with Crippen molar-refractivity contribution >= 4 is 29.4 Å². The highest BCUT2D eigenvalue weighted by atomic mass is 16.5. The van der Waals surface area contributed by atoms with Crippen LogP contribution in [0, 0.1) is 0 Å². The van der Waals surface area contributed by atoms with Crippen molar-refractivity contribution in [2.45, 2.75) is 53.4 Å². The largest absolute Gasteiger partial charge is 0.468 e. The van der Waals surface area contributed by atoms with E-state index in [0.717, 1.165) is 16.5 Å². The average Bonchev–Trinajstić information content (AvgIpc) is 2.93. The number of benzene rings is 2. The van der Waals surface area contributed by atoms with E-state index in [1.54, 1.807) is 44.2 Å². The Labute approximate surface area is 246 Å². The number of allylic oxidation sites excluding steroid dienone is 1. The molecule has 1 heterocycles. The summed E-state index contributed by atoms with van der Waals surface area (Å²) in [6, 6.07) is 12.2. The van der Waals surface area contributed by atoms with Gasteiger partial charge in [0.25, 0.3) is 6.47 Å². The number of esters is 2. The van der Waals surface area contributed by atoms with E-state index in [1.807, 2.05) is 26.0 Å². The van der Waals surface area contributed by atoms with Gasteiger partial charge in [-0.25, -0.2) is 14.4 Å². The molecule has 0 atom stereocenters. The number of ether oxygens (including phenoxy) is 3. The number of aryl methyl sites for hydroxylation is 2. The standard InChI is InChI=1S/C30H30O8.C4H8/c1-19(2)28(32)36-14-5-7-21-15-23(8-6-13-35-18-31)27-24(16-21)17-26(30(34)38-27)22-9-11-25(12-10-22)37-29(33)20(3)4;1-4(2)3/h9-12,15-18H,1,3,5-8,13-14H2,2,4H3;1H2,2-3H3. The van der Waals surface area contributed by atoms with E-state index in [1.165, 1.54) is 5.57 Å². The van der Waals surface area contributed by atoms with Gasteiger partial charge in [0.05, 0.1) is 18.8 Å². The van der Waals surface area contributed by atoms with Crippen molar-refractivity contribution in [2.24, 2.45) is 0 Å². The van der Waals surface area contributed by atoms with Crippen molar-refractivity contribution in [3.8, 4) is 16.9 Å². The van der Waals surface area contributed by atoms with Gasteiger partial charge in [0.2, 0.25) is 0 Å². The van der Waals surface area contributed by atoms with Crippen molar-refractivity contribution in [3.63, 3.8) is 0 Å². The maximum Gasteiger partial charge on any atom is 0.344 e. The van der Waals surface area contributed by atoms with Crippen LogP contribution in [0.5, 0.6) is 5.75 Å². The Bertz CT molecular complexity index is 1510. The zero-order valence-corrected chi connectivity index (χ0v) is 24.7. The third-order valence-corrected chi connectivity index (χ3v) is 5.66. The minimum Gasteiger partial charge on any atom is -0.468 e. The molecule has 0 radical (unpaired) electrons. The Morgan fingerprint density at radius 3 is 2.07 bits per heavy atom. The summed E-state index contributed by atoms with van der Waals surface area (Å²) in [6.07, 6.45) is 2.33. The van der Waals surface area contributed by atoms with Gasteiger partial charge in [-0.05, 0) is 94.3 Å². The number of hydrogen-bond acceptors (Lipinski definition) is 8. The molecule has 8 heteroatoms. The Hall–Kier alpha value is -4.72. The van der Waals surface area contributed by atoms with Crippen LogP contribution in [0.15, 0.2) is 88.1 Å². The highest BCUT2D eigenvalue weighted by Crippen LogP contribution is 2.27. The molecule has 3 rings (SSSR count). The zero-order chi connectivity index (χ0) is 31.2. The lowest BCUT2D eigenvalue weighted by molar-refractivity contribution is -0.139. The fourth-order valence-electron chi connectivity index (χ4n) is 3.76. The molecule has 0 amide bonds. The van der Waals surface area contributed by atoms with Crippen molar-refractivity contribution in [1.29, 1.82) is 0 Å². The van der Waals surface area contributed by atoms with E-state index in [0.29, 0.717) is 60.2 Å². The van der Waals surface area contributed by atoms with Gasteiger partial charge >= 0.3 is 17.6 Å². The van der Waals surface area contributed by atoms with Crippen molar-refractivity contribution < 1.29 is 33.0 Å². The van der Waals surface area contributed by atoms with Gasteiger partial charge in [0.1, 0.15) is 11.3 Å². The second-order valence-electron chi connectivity index (χ2n) is 10.1. The van der Waals surface area contributed by atoms with E-state index >= 15 is 0 Å². The first kappa shape index (κ1) is 33.5. The predicted octanol–water partition coefficient (Wildman–Crippen LogP) is 6.68. The molecular weight excluding hydrogens is 536 g/mol. The van der Waals surface area contributed by atoms with Gasteiger partial charge in [-0.1, -0.05) is 36.9 Å². The minimum atomic E-state index is -0.532. The number of carbonyl (C=O) groups excluding carboxylic acids is 3. The Kier molecular flexibility index (Phi) is 13.2. The summed E-state index contributed by atoms with van der Waals surface area (Å²) < 4.78 is 21.0. The van der Waals surface area contributed by atoms with Crippen LogP contribution < -0.4 is 10.4 Å². The predicted molar refractivity (Wildman–Crippen MR) is 163 cm³/mol. The molecule has 0 N–H and O–H groups in total. The van der Waals surface area contributed by atoms with Crippen LogP contribution in [0.4, 0.5) is 0 Å². The summed E-state index contributed by atoms with van der Waals surface area (Å²) in [4.78, 5) is 46.8. The number of hydrogen-bond donors (Lipinski definition) is 0. The van der Waals surface area contributed by atoms with Gasteiger partial charge in [-0.15, -0.1) is 6.58 Å². The Balaban J connectivity index is 0.00000144. The second-order valence-corrected chi connectivity index (χ2v) is 10.1. The van der Waals surface area contributed by atoms with Gasteiger partial charge in [-0.3, -0.25) is 4.79 Å². The van der Waals surface area contributed by atoms with Crippen LogP contribution in [-0.4, -0.2) is 31.6 Å². The molecule has 0 fully saturated rings. The molecule has 0 aliphatic heterocycles. The van der Waals surface area contributed by atoms with Crippen molar-refractivity contribution in [2.75, 3.05) is 13.2 Å². The van der Waals surface area contributed by atoms with E-state index in [9.17, 15) is 19.2 Å². The van der Waals surface area contributed by atoms with E-state index in [2.05, 4.69) is 19.7 Å². The SMILES string of the molecule is C=C(C)C.C=C(C)C(=O)OCCCc1cc(CCCOC=O)c2oc(=O)c(-c3ccc(OC(=O)C(=C)C)cc3)cc2c1. The van der Waals surface area contributed by atoms with Gasteiger partial charge < -0.3 is 18.6 Å². The first-order valence-corrected chi connectivity index (χ1v) is 13.5. The fraction of sp³-hybridized carbons (Fsp3) is 0.294. The molecule has 0 aliphatic rings. The van der Waals surface area contributed by atoms with Crippen LogP contribution in [0.3, 0.4) is 0 Å². The average molecular weight is 575 g/mol. The molecule has 2 aromatic carbocycles. The molecule has 0 unspecified atom stereocenters. The third-order valence-electron chi connectivity index (χ3n) is 5.66. The molecule has 3 aromatic rings. The van der Waals surface area contributed by atoms with E-state index in [4.69, 9.17) is 18.6 Å². The second kappa shape index (κ2) is 16.5. The Morgan fingerprint density at radius 2 is 1.48 bits per heavy atom. The van der Waals surface area contributed by atoms with E-state index < -0.39 is 17.6 Å². The fourth-order valence-corrected chi connectivity index (χ4v) is 3.76. The molecule has 0 saturated carbocycles. The maximum absolute atomic E-state index is 12.9. The van der Waals surface area contributed by atoms with Crippen molar-refractivity contribution in [3.05, 3.63) is 100 Å². The lowest BCUT2D eigenvalue weighted by atomic mass is 9.98. The maximum atomic E-state index is 12.9. The molecule has 8 nitrogen and oxygen atoms in total. The summed E-state index contributed by atoms with van der Waals surface area (Å²) in [5.74, 6) is -0.622. The quantitative estimate of drug-likeness (QED) is 0.0423. The highest BCUT2D eigenvalue weighted by molar-refractivity contribution is 5.89. The summed E-state index contributed by atoms with van der Waals surface area (Å²) >= 11 is 0. The first-order chi connectivity index (χ1) is 19.9. The molecule has 222 valence electrons. The highest BCUT2D eigenvalue weighted by Gasteiger charge is 2.14. The smallest absolute Gasteiger partial charge is 0.344 e. The third kappa shape index (κ3) is 10.7. The molecule has 0 aliphatic carbocycles. The van der Waals surface area contributed by atoms with Crippen LogP contribution in [0.1, 0.15) is 51.7 Å². The van der Waals surface area contributed by atoms with E-state index in [-0.39, 0.29) is 18.8 Å². The lowest BCUT2D eigenvalue weighted by Crippen LogP contribution is -2.08. The Morgan fingerprint density at radius 1 is 0.857 bits per heavy atom. The molecule has 0 bridgehead atoms. The summed E-state index contributed by atoms with van der Waals surface area (Å²) in [5, 5.41) is 0.736. The van der Waals surface area contributed by atoms with Gasteiger partial charge in [0.15, 0.2) is 0 Å². The first-order valence-electron chi connectivity index (χ1n) is 13.5. The molecule has 42 heavy (non-hydrogen) atoms. The molecule has 1 aromatic heterocycles. The van der Waals surface area contributed by atoms with Gasteiger partial charge in [0, 0.05) is 16.5 Å². The number of rotatable bonds is 13. The topological polar surface area (TPSA) is 109 Å². The molecule has 0 saturated heterocycles.